The summed E-state index contributed by atoms with van der Waals surface area (Å²) in [7, 11) is 0. The van der Waals surface area contributed by atoms with Gasteiger partial charge in [0.1, 0.15) is 29.3 Å². The van der Waals surface area contributed by atoms with E-state index < -0.39 is 64.6 Å². The summed E-state index contributed by atoms with van der Waals surface area (Å²) in [6.45, 7) is -0.0717. The Hall–Kier alpha value is -5.53. The van der Waals surface area contributed by atoms with Crippen LogP contribution in [0, 0.1) is 0 Å². The Morgan fingerprint density at radius 3 is 1.88 bits per heavy atom. The highest BCUT2D eigenvalue weighted by Gasteiger charge is 2.36. The third kappa shape index (κ3) is 5.78. The van der Waals surface area contributed by atoms with Gasteiger partial charge in [0.25, 0.3) is 0 Å². The minimum absolute atomic E-state index is 0.0352. The second-order valence-corrected chi connectivity index (χ2v) is 12.1. The lowest BCUT2D eigenvalue weighted by Crippen LogP contribution is -2.30. The summed E-state index contributed by atoms with van der Waals surface area (Å²) >= 11 is 0. The number of aromatic hydroxyl groups is 8. The molecular weight excluding hydrogens is 628 g/mol. The minimum Gasteiger partial charge on any atom is -0.508 e. The van der Waals surface area contributed by atoms with Gasteiger partial charge in [0, 0.05) is 59.1 Å². The zero-order chi connectivity index (χ0) is 34.4. The molecule has 4 aromatic rings. The van der Waals surface area contributed by atoms with Crippen molar-refractivity contribution in [2.75, 3.05) is 6.61 Å². The lowest BCUT2D eigenvalue weighted by Gasteiger charge is -2.33. The molecule has 5 unspecified atom stereocenters. The van der Waals surface area contributed by atoms with E-state index in [4.69, 9.17) is 9.47 Å². The molecule has 2 aliphatic heterocycles. The first-order valence-corrected chi connectivity index (χ1v) is 15.2. The number of aliphatic hydroxyl groups excluding tert-OH is 2. The summed E-state index contributed by atoms with van der Waals surface area (Å²) in [5.41, 5.74) is 1.92. The topological polar surface area (TPSA) is 238 Å². The predicted molar refractivity (Wildman–Crippen MR) is 167 cm³/mol. The van der Waals surface area contributed by atoms with E-state index in [1.165, 1.54) is 30.3 Å². The van der Waals surface area contributed by atoms with Crippen LogP contribution < -0.4 is 9.47 Å². The highest BCUT2D eigenvalue weighted by Crippen LogP contribution is 2.50. The van der Waals surface area contributed by atoms with Crippen molar-refractivity contribution in [3.05, 3.63) is 81.9 Å². The van der Waals surface area contributed by atoms with Crippen LogP contribution in [-0.4, -0.2) is 70.1 Å². The molecule has 0 saturated heterocycles. The zero-order valence-corrected chi connectivity index (χ0v) is 25.3. The SMILES string of the molecule is O=CCCCC(c1cc2c(cc1O)OC(c1cc(O)c(O)c(O)c1)C(O)C2)c1cc2c(cc1O)OCC(c1cc(O)c(O)c(O)c1)C2O. The summed E-state index contributed by atoms with van der Waals surface area (Å²) in [6, 6.07) is 10.6. The number of hydrogen-bond acceptors (Lipinski definition) is 13. The first-order chi connectivity index (χ1) is 22.9. The Morgan fingerprint density at radius 1 is 0.708 bits per heavy atom. The normalized spacial score (nSPS) is 20.5. The molecule has 13 heteroatoms. The first-order valence-electron chi connectivity index (χ1n) is 15.2. The maximum atomic E-state index is 11.4. The smallest absolute Gasteiger partial charge is 0.200 e. The van der Waals surface area contributed by atoms with Crippen molar-refractivity contribution < 1.29 is 65.3 Å². The lowest BCUT2D eigenvalue weighted by atomic mass is 9.81. The molecule has 0 bridgehead atoms. The van der Waals surface area contributed by atoms with Crippen molar-refractivity contribution in [1.82, 2.24) is 0 Å². The van der Waals surface area contributed by atoms with Gasteiger partial charge in [-0.15, -0.1) is 0 Å². The molecule has 0 aliphatic carbocycles. The molecular formula is C35H34O13. The number of carbonyl (C=O) groups is 1. The van der Waals surface area contributed by atoms with Gasteiger partial charge < -0.3 is 65.3 Å². The standard InChI is InChI=1S/C35H34O13/c36-4-2-1-3-18(19-5-16-8-29(43)35(48-30(16)12-23(19)37)17-9-27(41)34(46)28(42)10-17)20-11-21-31(13-24(20)38)47-14-22(32(21)44)15-6-25(39)33(45)26(40)7-15/h4-7,9-13,18,22,29,32,35,37-46H,1-3,8,14H2. The summed E-state index contributed by atoms with van der Waals surface area (Å²) in [5, 5.41) is 104. The van der Waals surface area contributed by atoms with Gasteiger partial charge in [0.05, 0.1) is 18.8 Å². The average molecular weight is 663 g/mol. The molecule has 0 aromatic heterocycles. The minimum atomic E-state index is -1.23. The molecule has 10 N–H and O–H groups in total. The average Bonchev–Trinajstić information content (AvgIpc) is 3.04. The highest BCUT2D eigenvalue weighted by atomic mass is 16.5. The van der Waals surface area contributed by atoms with Gasteiger partial charge in [-0.2, -0.15) is 0 Å². The number of ether oxygens (including phenoxy) is 2. The zero-order valence-electron chi connectivity index (χ0n) is 25.3. The van der Waals surface area contributed by atoms with Crippen LogP contribution in [0.5, 0.6) is 57.5 Å². The number of unbranched alkanes of at least 4 members (excludes halogenated alkanes) is 1. The number of aliphatic hydroxyl groups is 2. The second kappa shape index (κ2) is 12.6. The molecule has 6 rings (SSSR count). The number of phenols is 8. The Morgan fingerprint density at radius 2 is 1.27 bits per heavy atom. The maximum Gasteiger partial charge on any atom is 0.200 e. The molecule has 5 atom stereocenters. The Balaban J connectivity index is 1.37. The number of rotatable bonds is 8. The number of phenolic OH excluding ortho intramolecular Hbond substituents is 8. The fraction of sp³-hybridized carbons (Fsp3) is 0.286. The van der Waals surface area contributed by atoms with Gasteiger partial charge in [-0.3, -0.25) is 0 Å². The van der Waals surface area contributed by atoms with Crippen LogP contribution in [0.25, 0.3) is 0 Å². The van der Waals surface area contributed by atoms with Gasteiger partial charge in [0.15, 0.2) is 40.6 Å². The van der Waals surface area contributed by atoms with Crippen LogP contribution in [0.2, 0.25) is 0 Å². The summed E-state index contributed by atoms with van der Waals surface area (Å²) < 4.78 is 11.8. The molecule has 4 aromatic carbocycles. The van der Waals surface area contributed by atoms with Crippen LogP contribution in [-0.2, 0) is 11.2 Å². The van der Waals surface area contributed by atoms with E-state index in [2.05, 4.69) is 0 Å². The Bertz CT molecular complexity index is 1840. The van der Waals surface area contributed by atoms with Gasteiger partial charge in [-0.05, 0) is 60.4 Å². The van der Waals surface area contributed by atoms with Crippen LogP contribution in [0.1, 0.15) is 76.7 Å². The molecule has 0 fully saturated rings. The fourth-order valence-electron chi connectivity index (χ4n) is 6.54. The van der Waals surface area contributed by atoms with Gasteiger partial charge in [0.2, 0.25) is 0 Å². The number of aldehydes is 1. The highest BCUT2D eigenvalue weighted by molar-refractivity contribution is 5.58. The largest absolute Gasteiger partial charge is 0.508 e. The summed E-state index contributed by atoms with van der Waals surface area (Å²) in [6.07, 6.45) is -1.79. The molecule has 252 valence electrons. The third-order valence-electron chi connectivity index (χ3n) is 9.03. The number of hydrogen-bond donors (Lipinski definition) is 10. The van der Waals surface area contributed by atoms with Crippen molar-refractivity contribution >= 4 is 6.29 Å². The van der Waals surface area contributed by atoms with Crippen molar-refractivity contribution in [3.8, 4) is 57.5 Å². The molecule has 0 spiro atoms. The van der Waals surface area contributed by atoms with Crippen molar-refractivity contribution in [3.63, 3.8) is 0 Å². The number of fused-ring (bicyclic) bond motifs is 2. The summed E-state index contributed by atoms with van der Waals surface area (Å²) in [4.78, 5) is 11.2. The van der Waals surface area contributed by atoms with E-state index >= 15 is 0 Å². The quantitative estimate of drug-likeness (QED) is 0.0728. The third-order valence-corrected chi connectivity index (χ3v) is 9.03. The first kappa shape index (κ1) is 32.4. The maximum absolute atomic E-state index is 11.4. The van der Waals surface area contributed by atoms with Crippen molar-refractivity contribution in [2.24, 2.45) is 0 Å². The van der Waals surface area contributed by atoms with E-state index in [0.29, 0.717) is 28.7 Å². The second-order valence-electron chi connectivity index (χ2n) is 12.1. The molecule has 0 radical (unpaired) electrons. The van der Waals surface area contributed by atoms with Gasteiger partial charge in [-0.1, -0.05) is 0 Å². The van der Waals surface area contributed by atoms with Gasteiger partial charge >= 0.3 is 0 Å². The van der Waals surface area contributed by atoms with E-state index in [-0.39, 0.29) is 60.0 Å². The molecule has 0 amide bonds. The molecule has 2 aliphatic rings. The molecule has 48 heavy (non-hydrogen) atoms. The van der Waals surface area contributed by atoms with Crippen LogP contribution >= 0.6 is 0 Å². The molecule has 2 heterocycles. The monoisotopic (exact) mass is 662 g/mol. The van der Waals surface area contributed by atoms with Crippen LogP contribution in [0.4, 0.5) is 0 Å². The number of carbonyl (C=O) groups excluding carboxylic acids is 1. The van der Waals surface area contributed by atoms with Crippen molar-refractivity contribution in [2.45, 2.75) is 55.8 Å². The van der Waals surface area contributed by atoms with Crippen molar-refractivity contribution in [1.29, 1.82) is 0 Å². The molecule has 0 saturated carbocycles. The van der Waals surface area contributed by atoms with E-state index in [9.17, 15) is 55.9 Å². The predicted octanol–water partition coefficient (Wildman–Crippen LogP) is 4.08. The van der Waals surface area contributed by atoms with Crippen LogP contribution in [0.15, 0.2) is 48.5 Å². The summed E-state index contributed by atoms with van der Waals surface area (Å²) in [5.74, 6) is -5.27. The number of benzene rings is 4. The Kier molecular flexibility index (Phi) is 8.50. The van der Waals surface area contributed by atoms with E-state index in [1.54, 1.807) is 6.07 Å². The Labute approximate surface area is 273 Å². The van der Waals surface area contributed by atoms with E-state index in [0.717, 1.165) is 18.4 Å². The fourth-order valence-corrected chi connectivity index (χ4v) is 6.54. The van der Waals surface area contributed by atoms with Crippen LogP contribution in [0.3, 0.4) is 0 Å². The van der Waals surface area contributed by atoms with Gasteiger partial charge in [-0.25, -0.2) is 0 Å². The molecule has 13 nitrogen and oxygen atoms in total. The lowest BCUT2D eigenvalue weighted by molar-refractivity contribution is -0.107. The van der Waals surface area contributed by atoms with E-state index in [1.807, 2.05) is 0 Å².